The van der Waals surface area contributed by atoms with Gasteiger partial charge in [-0.2, -0.15) is 0 Å². The Labute approximate surface area is 76.1 Å². The van der Waals surface area contributed by atoms with Crippen molar-refractivity contribution in [1.29, 1.82) is 0 Å². The number of carbonyl (C=O) groups is 1. The summed E-state index contributed by atoms with van der Waals surface area (Å²) in [5.74, 6) is -1.05. The summed E-state index contributed by atoms with van der Waals surface area (Å²) in [5, 5.41) is 8.63. The second-order valence-corrected chi connectivity index (χ2v) is 3.33. The molecule has 3 nitrogen and oxygen atoms in total. The molecule has 0 aromatic carbocycles. The van der Waals surface area contributed by atoms with Crippen LogP contribution < -0.4 is 0 Å². The molecule has 0 saturated heterocycles. The van der Waals surface area contributed by atoms with Crippen molar-refractivity contribution >= 4 is 29.5 Å². The minimum atomic E-state index is -0.996. The Morgan fingerprint density at radius 3 is 2.18 bits per heavy atom. The van der Waals surface area contributed by atoms with Gasteiger partial charge in [0.25, 0.3) is 0 Å². The molecule has 1 N–H and O–H groups in total. The normalized spacial score (nSPS) is 16.5. The number of carboxylic acid groups (broad SMARTS) is 1. The summed E-state index contributed by atoms with van der Waals surface area (Å²) in [7, 11) is 0. The molecular weight excluding hydrogens is 189 g/mol. The van der Waals surface area contributed by atoms with Crippen molar-refractivity contribution in [3.8, 4) is 0 Å². The molecule has 0 saturated carbocycles. The molecule has 0 aliphatic heterocycles. The van der Waals surface area contributed by atoms with Crippen LogP contribution in [0.3, 0.4) is 0 Å². The van der Waals surface area contributed by atoms with Gasteiger partial charge in [-0.15, -0.1) is 3.94 Å². The minimum absolute atomic E-state index is 0.0532. The second-order valence-electron chi connectivity index (χ2n) is 2.43. The summed E-state index contributed by atoms with van der Waals surface area (Å²) >= 11 is 10.7. The quantitative estimate of drug-likeness (QED) is 0.706. The Hall–Kier alpha value is 0.01000. The van der Waals surface area contributed by atoms with Crippen LogP contribution in [0, 0.1) is 5.92 Å². The van der Waals surface area contributed by atoms with E-state index in [1.54, 1.807) is 6.92 Å². The first kappa shape index (κ1) is 11.0. The molecule has 0 aromatic rings. The summed E-state index contributed by atoms with van der Waals surface area (Å²) in [6.07, 6.45) is 0.729. The highest BCUT2D eigenvalue weighted by Gasteiger charge is 2.28. The lowest BCUT2D eigenvalue weighted by atomic mass is 10.0. The van der Waals surface area contributed by atoms with Crippen LogP contribution in [-0.4, -0.2) is 21.1 Å². The Balaban J connectivity index is 4.21. The van der Waals surface area contributed by atoms with Crippen LogP contribution in [0.2, 0.25) is 0 Å². The molecule has 11 heavy (non-hydrogen) atoms. The highest BCUT2D eigenvalue weighted by molar-refractivity contribution is 6.34. The first-order valence-electron chi connectivity index (χ1n) is 3.34. The molecule has 0 heterocycles. The lowest BCUT2D eigenvalue weighted by Gasteiger charge is -2.20. The van der Waals surface area contributed by atoms with Crippen molar-refractivity contribution < 1.29 is 9.90 Å². The zero-order chi connectivity index (χ0) is 9.02. The number of nitrogens with zero attached hydrogens (tertiary/aromatic N) is 1. The lowest BCUT2D eigenvalue weighted by molar-refractivity contribution is -0.141. The number of aliphatic carboxylic acids is 1. The SMILES string of the molecule is CCC(C)C(C(=O)O)N(Cl)Cl. The Kier molecular flexibility index (Phi) is 4.81. The van der Waals surface area contributed by atoms with Gasteiger partial charge >= 0.3 is 5.97 Å². The van der Waals surface area contributed by atoms with Crippen LogP contribution in [0.25, 0.3) is 0 Å². The Bertz CT molecular complexity index is 141. The summed E-state index contributed by atoms with van der Waals surface area (Å²) in [6, 6.07) is -0.816. The van der Waals surface area contributed by atoms with E-state index in [0.717, 1.165) is 6.42 Å². The fraction of sp³-hybridized carbons (Fsp3) is 0.833. The molecule has 2 unspecified atom stereocenters. The van der Waals surface area contributed by atoms with Crippen molar-refractivity contribution in [2.45, 2.75) is 26.3 Å². The first-order valence-corrected chi connectivity index (χ1v) is 4.01. The lowest BCUT2D eigenvalue weighted by Crippen LogP contribution is -2.35. The molecule has 0 rings (SSSR count). The van der Waals surface area contributed by atoms with Crippen molar-refractivity contribution in [3.63, 3.8) is 0 Å². The van der Waals surface area contributed by atoms with E-state index in [0.29, 0.717) is 3.94 Å². The standard InChI is InChI=1S/C6H11Cl2NO2/c1-3-4(2)5(6(10)11)9(7)8/h4-5H,3H2,1-2H3,(H,10,11). The highest BCUT2D eigenvalue weighted by atomic mass is 35.5. The molecule has 0 spiro atoms. The molecule has 0 amide bonds. The van der Waals surface area contributed by atoms with Crippen LogP contribution >= 0.6 is 23.6 Å². The van der Waals surface area contributed by atoms with Crippen LogP contribution in [-0.2, 0) is 4.79 Å². The predicted molar refractivity (Wildman–Crippen MR) is 44.4 cm³/mol. The Morgan fingerprint density at radius 1 is 1.64 bits per heavy atom. The molecule has 0 bridgehead atoms. The van der Waals surface area contributed by atoms with Crippen LogP contribution in [0.4, 0.5) is 0 Å². The van der Waals surface area contributed by atoms with E-state index in [1.165, 1.54) is 0 Å². The minimum Gasteiger partial charge on any atom is -0.480 e. The largest absolute Gasteiger partial charge is 0.480 e. The van der Waals surface area contributed by atoms with Crippen LogP contribution in [0.15, 0.2) is 0 Å². The van der Waals surface area contributed by atoms with Crippen molar-refractivity contribution in [2.75, 3.05) is 0 Å². The van der Waals surface area contributed by atoms with Gasteiger partial charge in [-0.3, -0.25) is 4.79 Å². The van der Waals surface area contributed by atoms with Crippen LogP contribution in [0.5, 0.6) is 0 Å². The number of halogens is 2. The zero-order valence-electron chi connectivity index (χ0n) is 6.42. The summed E-state index contributed by atoms with van der Waals surface area (Å²) in [4.78, 5) is 10.5. The summed E-state index contributed by atoms with van der Waals surface area (Å²) in [5.41, 5.74) is 0. The average Bonchev–Trinajstić information content (AvgIpc) is 1.85. The maximum Gasteiger partial charge on any atom is 0.323 e. The second kappa shape index (κ2) is 4.80. The average molecular weight is 200 g/mol. The van der Waals surface area contributed by atoms with E-state index >= 15 is 0 Å². The van der Waals surface area contributed by atoms with Crippen molar-refractivity contribution in [2.24, 2.45) is 5.92 Å². The third-order valence-electron chi connectivity index (χ3n) is 1.65. The number of rotatable bonds is 4. The topological polar surface area (TPSA) is 40.5 Å². The maximum atomic E-state index is 10.5. The zero-order valence-corrected chi connectivity index (χ0v) is 7.93. The number of carboxylic acids is 1. The summed E-state index contributed by atoms with van der Waals surface area (Å²) in [6.45, 7) is 3.68. The van der Waals surface area contributed by atoms with Gasteiger partial charge in [-0.05, 0) is 29.5 Å². The van der Waals surface area contributed by atoms with E-state index in [2.05, 4.69) is 0 Å². The van der Waals surface area contributed by atoms with Gasteiger partial charge in [0.1, 0.15) is 6.04 Å². The van der Waals surface area contributed by atoms with Gasteiger partial charge in [0.15, 0.2) is 0 Å². The maximum absolute atomic E-state index is 10.5. The molecule has 2 atom stereocenters. The van der Waals surface area contributed by atoms with E-state index in [4.69, 9.17) is 28.7 Å². The molecule has 0 aliphatic carbocycles. The van der Waals surface area contributed by atoms with E-state index in [9.17, 15) is 4.79 Å². The molecule has 66 valence electrons. The van der Waals surface area contributed by atoms with Crippen molar-refractivity contribution in [3.05, 3.63) is 0 Å². The number of hydrogen-bond acceptors (Lipinski definition) is 2. The molecule has 0 fully saturated rings. The van der Waals surface area contributed by atoms with Crippen molar-refractivity contribution in [1.82, 2.24) is 3.94 Å². The van der Waals surface area contributed by atoms with Gasteiger partial charge in [-0.1, -0.05) is 20.3 Å². The molecular formula is C6H11Cl2NO2. The van der Waals surface area contributed by atoms with Gasteiger partial charge in [0, 0.05) is 0 Å². The highest BCUT2D eigenvalue weighted by Crippen LogP contribution is 2.18. The monoisotopic (exact) mass is 199 g/mol. The summed E-state index contributed by atoms with van der Waals surface area (Å²) < 4.78 is 0.691. The van der Waals surface area contributed by atoms with E-state index in [-0.39, 0.29) is 5.92 Å². The van der Waals surface area contributed by atoms with Gasteiger partial charge in [0.2, 0.25) is 0 Å². The third-order valence-corrected chi connectivity index (χ3v) is 2.07. The fourth-order valence-electron chi connectivity index (χ4n) is 0.743. The van der Waals surface area contributed by atoms with E-state index in [1.807, 2.05) is 6.92 Å². The molecule has 0 aliphatic rings. The van der Waals surface area contributed by atoms with Gasteiger partial charge < -0.3 is 5.11 Å². The van der Waals surface area contributed by atoms with Gasteiger partial charge in [-0.25, -0.2) is 0 Å². The van der Waals surface area contributed by atoms with Crippen LogP contribution in [0.1, 0.15) is 20.3 Å². The van der Waals surface area contributed by atoms with Gasteiger partial charge in [0.05, 0.1) is 0 Å². The molecule has 0 radical (unpaired) electrons. The molecule has 5 heteroatoms. The fourth-order valence-corrected chi connectivity index (χ4v) is 1.29. The third kappa shape index (κ3) is 3.27. The van der Waals surface area contributed by atoms with E-state index < -0.39 is 12.0 Å². The molecule has 0 aromatic heterocycles. The number of hydrogen-bond donors (Lipinski definition) is 1. The first-order chi connectivity index (χ1) is 5.00. The smallest absolute Gasteiger partial charge is 0.323 e. The predicted octanol–water partition coefficient (Wildman–Crippen LogP) is 2.10. The Morgan fingerprint density at radius 2 is 2.09 bits per heavy atom.